The van der Waals surface area contributed by atoms with Gasteiger partial charge in [-0.05, 0) is 61.4 Å². The van der Waals surface area contributed by atoms with E-state index in [1.165, 1.54) is 35.2 Å². The van der Waals surface area contributed by atoms with Gasteiger partial charge in [-0.25, -0.2) is 9.37 Å². The second-order valence-corrected chi connectivity index (χ2v) is 10.2. The number of carbonyl (C=O) groups excluding carboxylic acids is 1. The largest absolute Gasteiger partial charge is 0.376 e. The minimum Gasteiger partial charge on any atom is -0.376 e. The second-order valence-electron chi connectivity index (χ2n) is 7.94. The first kappa shape index (κ1) is 23.9. The zero-order valence-electron chi connectivity index (χ0n) is 18.5. The van der Waals surface area contributed by atoms with Crippen LogP contribution in [0.1, 0.15) is 12.8 Å². The van der Waals surface area contributed by atoms with Crippen molar-refractivity contribution in [1.29, 1.82) is 0 Å². The molecule has 11 heteroatoms. The average molecular weight is 530 g/mol. The fourth-order valence-corrected chi connectivity index (χ4v) is 5.34. The zero-order valence-corrected chi connectivity index (χ0v) is 20.9. The average Bonchev–Trinajstić information content (AvgIpc) is 3.61. The number of hydrogen-bond acceptors (Lipinski definition) is 7. The highest BCUT2D eigenvalue weighted by Crippen LogP contribution is 2.28. The minimum absolute atomic E-state index is 0.0884. The van der Waals surface area contributed by atoms with Crippen LogP contribution in [-0.2, 0) is 16.1 Å². The molecule has 1 aliphatic rings. The Morgan fingerprint density at radius 2 is 1.94 bits per heavy atom. The SMILES string of the molecule is O=C(CSc1nnc(-c2ccc(Cl)cc2)n1CC1CCCO1)Nc1nc(-c2ccc(F)cc2)cs1. The first-order chi connectivity index (χ1) is 17.0. The van der Waals surface area contributed by atoms with Crippen LogP contribution in [0.4, 0.5) is 9.52 Å². The number of benzene rings is 2. The Balaban J connectivity index is 1.27. The number of anilines is 1. The van der Waals surface area contributed by atoms with Crippen molar-refractivity contribution in [1.82, 2.24) is 19.7 Å². The summed E-state index contributed by atoms with van der Waals surface area (Å²) in [6, 6.07) is 13.5. The van der Waals surface area contributed by atoms with Crippen LogP contribution in [0.3, 0.4) is 0 Å². The van der Waals surface area contributed by atoms with E-state index in [4.69, 9.17) is 16.3 Å². The Hall–Kier alpha value is -2.79. The summed E-state index contributed by atoms with van der Waals surface area (Å²) in [5.41, 5.74) is 2.36. The van der Waals surface area contributed by atoms with Gasteiger partial charge in [-0.3, -0.25) is 9.36 Å². The molecule has 5 rings (SSSR count). The van der Waals surface area contributed by atoms with Crippen LogP contribution in [0.15, 0.2) is 59.1 Å². The molecule has 0 bridgehead atoms. The number of ether oxygens (including phenoxy) is 1. The number of hydrogen-bond donors (Lipinski definition) is 1. The predicted molar refractivity (Wildman–Crippen MR) is 136 cm³/mol. The Bertz CT molecular complexity index is 1300. The van der Waals surface area contributed by atoms with Crippen LogP contribution in [0, 0.1) is 5.82 Å². The van der Waals surface area contributed by atoms with E-state index in [1.54, 1.807) is 12.1 Å². The first-order valence-electron chi connectivity index (χ1n) is 11.0. The molecule has 1 unspecified atom stereocenters. The third-order valence-corrected chi connectivity index (χ3v) is 7.43. The molecule has 1 saturated heterocycles. The fraction of sp³-hybridized carbons (Fsp3) is 0.250. The van der Waals surface area contributed by atoms with Crippen molar-refractivity contribution >= 4 is 45.7 Å². The highest BCUT2D eigenvalue weighted by Gasteiger charge is 2.22. The van der Waals surface area contributed by atoms with Gasteiger partial charge in [0, 0.05) is 28.1 Å². The van der Waals surface area contributed by atoms with E-state index in [-0.39, 0.29) is 23.6 Å². The van der Waals surface area contributed by atoms with Gasteiger partial charge in [0.15, 0.2) is 16.1 Å². The fourth-order valence-electron chi connectivity index (χ4n) is 3.73. The Kier molecular flexibility index (Phi) is 7.43. The molecule has 3 heterocycles. The standard InChI is InChI=1S/C24H21ClFN5O2S2/c25-17-7-3-16(4-8-17)22-29-30-24(31(22)12-19-2-1-11-33-19)35-14-21(32)28-23-27-20(13-34-23)15-5-9-18(26)10-6-15/h3-10,13,19H,1-2,11-12,14H2,(H,27,28,32). The molecule has 35 heavy (non-hydrogen) atoms. The molecule has 1 N–H and O–H groups in total. The lowest BCUT2D eigenvalue weighted by atomic mass is 10.2. The van der Waals surface area contributed by atoms with Crippen molar-refractivity contribution in [2.24, 2.45) is 0 Å². The molecule has 4 aromatic rings. The molecular weight excluding hydrogens is 509 g/mol. The third kappa shape index (κ3) is 5.90. The molecule has 0 aliphatic carbocycles. The number of amides is 1. The van der Waals surface area contributed by atoms with Crippen molar-refractivity contribution < 1.29 is 13.9 Å². The Morgan fingerprint density at radius 3 is 2.69 bits per heavy atom. The van der Waals surface area contributed by atoms with Crippen LogP contribution in [0.25, 0.3) is 22.6 Å². The molecule has 1 fully saturated rings. The first-order valence-corrected chi connectivity index (χ1v) is 13.2. The van der Waals surface area contributed by atoms with E-state index in [9.17, 15) is 9.18 Å². The van der Waals surface area contributed by atoms with E-state index in [2.05, 4.69) is 20.5 Å². The normalized spacial score (nSPS) is 15.4. The summed E-state index contributed by atoms with van der Waals surface area (Å²) in [4.78, 5) is 17.1. The summed E-state index contributed by atoms with van der Waals surface area (Å²) < 4.78 is 21.0. The van der Waals surface area contributed by atoms with Gasteiger partial charge in [0.05, 0.1) is 24.1 Å². The molecular formula is C24H21ClFN5O2S2. The predicted octanol–water partition coefficient (Wildman–Crippen LogP) is 5.77. The second kappa shape index (κ2) is 10.9. The Morgan fingerprint density at radius 1 is 1.17 bits per heavy atom. The van der Waals surface area contributed by atoms with Crippen LogP contribution in [0.5, 0.6) is 0 Å². The number of carbonyl (C=O) groups is 1. The number of rotatable bonds is 8. The number of aromatic nitrogens is 4. The van der Waals surface area contributed by atoms with Crippen LogP contribution in [0.2, 0.25) is 5.02 Å². The Labute approximate surface area is 214 Å². The lowest BCUT2D eigenvalue weighted by molar-refractivity contribution is -0.113. The summed E-state index contributed by atoms with van der Waals surface area (Å²) in [6.07, 6.45) is 2.09. The molecule has 180 valence electrons. The minimum atomic E-state index is -0.305. The van der Waals surface area contributed by atoms with E-state index in [0.29, 0.717) is 33.4 Å². The summed E-state index contributed by atoms with van der Waals surface area (Å²) in [7, 11) is 0. The van der Waals surface area contributed by atoms with Crippen molar-refractivity contribution in [2.45, 2.75) is 30.6 Å². The van der Waals surface area contributed by atoms with Gasteiger partial charge in [-0.15, -0.1) is 21.5 Å². The lowest BCUT2D eigenvalue weighted by Crippen LogP contribution is -2.18. The van der Waals surface area contributed by atoms with Crippen LogP contribution >= 0.6 is 34.7 Å². The number of thiazole rings is 1. The smallest absolute Gasteiger partial charge is 0.236 e. The summed E-state index contributed by atoms with van der Waals surface area (Å²) in [5.74, 6) is 0.357. The highest BCUT2D eigenvalue weighted by atomic mass is 35.5. The maximum Gasteiger partial charge on any atom is 0.236 e. The van der Waals surface area contributed by atoms with Gasteiger partial charge in [0.1, 0.15) is 5.82 Å². The van der Waals surface area contributed by atoms with Crippen molar-refractivity contribution in [3.63, 3.8) is 0 Å². The van der Waals surface area contributed by atoms with Gasteiger partial charge >= 0.3 is 0 Å². The van der Waals surface area contributed by atoms with E-state index in [1.807, 2.05) is 34.2 Å². The summed E-state index contributed by atoms with van der Waals surface area (Å²) >= 11 is 8.68. The molecule has 1 aliphatic heterocycles. The van der Waals surface area contributed by atoms with Crippen LogP contribution < -0.4 is 5.32 Å². The molecule has 0 spiro atoms. The topological polar surface area (TPSA) is 81.9 Å². The molecule has 0 saturated carbocycles. The number of thioether (sulfide) groups is 1. The van der Waals surface area contributed by atoms with Crippen molar-refractivity contribution in [3.8, 4) is 22.6 Å². The van der Waals surface area contributed by atoms with E-state index < -0.39 is 0 Å². The molecule has 0 radical (unpaired) electrons. The zero-order chi connectivity index (χ0) is 24.2. The van der Waals surface area contributed by atoms with Crippen LogP contribution in [-0.4, -0.2) is 44.1 Å². The van der Waals surface area contributed by atoms with Gasteiger partial charge < -0.3 is 10.1 Å². The monoisotopic (exact) mass is 529 g/mol. The van der Waals surface area contributed by atoms with Gasteiger partial charge in [-0.2, -0.15) is 0 Å². The van der Waals surface area contributed by atoms with Crippen molar-refractivity contribution in [3.05, 3.63) is 64.8 Å². The molecule has 2 aromatic heterocycles. The van der Waals surface area contributed by atoms with Gasteiger partial charge in [0.25, 0.3) is 0 Å². The maximum atomic E-state index is 13.2. The van der Waals surface area contributed by atoms with Gasteiger partial charge in [0.2, 0.25) is 5.91 Å². The van der Waals surface area contributed by atoms with Gasteiger partial charge in [-0.1, -0.05) is 23.4 Å². The molecule has 2 aromatic carbocycles. The van der Waals surface area contributed by atoms with E-state index >= 15 is 0 Å². The maximum absolute atomic E-state index is 13.2. The quantitative estimate of drug-likeness (QED) is 0.292. The number of halogens is 2. The highest BCUT2D eigenvalue weighted by molar-refractivity contribution is 7.99. The summed E-state index contributed by atoms with van der Waals surface area (Å²) in [6.45, 7) is 1.37. The summed E-state index contributed by atoms with van der Waals surface area (Å²) in [5, 5.41) is 15.2. The van der Waals surface area contributed by atoms with E-state index in [0.717, 1.165) is 30.6 Å². The lowest BCUT2D eigenvalue weighted by Gasteiger charge is -2.14. The third-order valence-electron chi connectivity index (χ3n) is 5.45. The van der Waals surface area contributed by atoms with Crippen molar-refractivity contribution in [2.75, 3.05) is 17.7 Å². The number of nitrogens with one attached hydrogen (secondary N) is 1. The number of nitrogens with zero attached hydrogens (tertiary/aromatic N) is 4. The molecule has 7 nitrogen and oxygen atoms in total. The molecule has 1 amide bonds. The molecule has 1 atom stereocenters.